The molecule has 0 radical (unpaired) electrons. The molecule has 0 aliphatic heterocycles. The van der Waals surface area contributed by atoms with Crippen LogP contribution in [0.4, 0.5) is 5.69 Å². The lowest BCUT2D eigenvalue weighted by atomic mass is 10.1. The molecular weight excluding hydrogens is 346 g/mol. The van der Waals surface area contributed by atoms with Crippen LogP contribution in [0.5, 0.6) is 0 Å². The van der Waals surface area contributed by atoms with E-state index in [4.69, 9.17) is 16.1 Å². The highest BCUT2D eigenvalue weighted by molar-refractivity contribution is 7.99. The van der Waals surface area contributed by atoms with Crippen molar-refractivity contribution >= 4 is 35.0 Å². The van der Waals surface area contributed by atoms with Gasteiger partial charge in [0.2, 0.25) is 11.7 Å². The summed E-state index contributed by atoms with van der Waals surface area (Å²) in [6.07, 6.45) is 0. The number of nitrogens with one attached hydrogen (secondary N) is 1. The average molecular weight is 360 g/mol. The van der Waals surface area contributed by atoms with Gasteiger partial charge in [0, 0.05) is 16.3 Å². The molecule has 7 heteroatoms. The van der Waals surface area contributed by atoms with Crippen LogP contribution in [0.25, 0.3) is 11.4 Å². The molecule has 1 aromatic heterocycles. The molecular formula is C17H14ClN3O2S. The zero-order chi connectivity index (χ0) is 16.9. The molecule has 5 nitrogen and oxygen atoms in total. The Balaban J connectivity index is 1.56. The van der Waals surface area contributed by atoms with Gasteiger partial charge in [0.05, 0.1) is 5.75 Å². The van der Waals surface area contributed by atoms with E-state index >= 15 is 0 Å². The fourth-order valence-electron chi connectivity index (χ4n) is 1.95. The van der Waals surface area contributed by atoms with Crippen LogP contribution in [0.1, 0.15) is 5.56 Å². The van der Waals surface area contributed by atoms with E-state index in [1.165, 1.54) is 11.8 Å². The fraction of sp³-hybridized carbons (Fsp3) is 0.118. The molecule has 0 saturated carbocycles. The van der Waals surface area contributed by atoms with E-state index in [1.54, 1.807) is 24.3 Å². The van der Waals surface area contributed by atoms with Crippen molar-refractivity contribution in [1.29, 1.82) is 0 Å². The van der Waals surface area contributed by atoms with Crippen molar-refractivity contribution in [2.45, 2.75) is 12.1 Å². The smallest absolute Gasteiger partial charge is 0.286 e. The van der Waals surface area contributed by atoms with Gasteiger partial charge in [-0.2, -0.15) is 4.98 Å². The molecule has 3 rings (SSSR count). The highest BCUT2D eigenvalue weighted by atomic mass is 35.5. The van der Waals surface area contributed by atoms with Gasteiger partial charge >= 0.3 is 0 Å². The van der Waals surface area contributed by atoms with Crippen molar-refractivity contribution in [2.75, 3.05) is 11.1 Å². The van der Waals surface area contributed by atoms with Gasteiger partial charge < -0.3 is 9.84 Å². The van der Waals surface area contributed by atoms with Gasteiger partial charge in [0.15, 0.2) is 0 Å². The minimum atomic E-state index is -0.155. The summed E-state index contributed by atoms with van der Waals surface area (Å²) in [5.74, 6) is 0.533. The first-order valence-electron chi connectivity index (χ1n) is 7.19. The van der Waals surface area contributed by atoms with Crippen LogP contribution in [0.15, 0.2) is 58.3 Å². The summed E-state index contributed by atoms with van der Waals surface area (Å²) in [5, 5.41) is 7.69. The standard InChI is InChI=1S/C17H14ClN3O2S/c1-11-2-4-12(5-3-11)16-20-17(23-21-16)24-10-15(22)19-14-8-6-13(18)7-9-14/h2-9H,10H2,1H3,(H,19,22). The minimum Gasteiger partial charge on any atom is -0.327 e. The zero-order valence-corrected chi connectivity index (χ0v) is 14.4. The van der Waals surface area contributed by atoms with Gasteiger partial charge in [0.25, 0.3) is 5.22 Å². The monoisotopic (exact) mass is 359 g/mol. The van der Waals surface area contributed by atoms with Gasteiger partial charge in [0.1, 0.15) is 0 Å². The molecule has 0 aliphatic carbocycles. The summed E-state index contributed by atoms with van der Waals surface area (Å²) in [6.45, 7) is 2.01. The van der Waals surface area contributed by atoms with E-state index in [2.05, 4.69) is 15.5 Å². The summed E-state index contributed by atoms with van der Waals surface area (Å²) in [4.78, 5) is 16.2. The Kier molecular flexibility index (Phi) is 5.17. The predicted molar refractivity (Wildman–Crippen MR) is 95.3 cm³/mol. The molecule has 2 aromatic carbocycles. The Morgan fingerprint density at radius 3 is 2.58 bits per heavy atom. The molecule has 122 valence electrons. The summed E-state index contributed by atoms with van der Waals surface area (Å²) >= 11 is 7.00. The number of carbonyl (C=O) groups excluding carboxylic acids is 1. The number of aromatic nitrogens is 2. The quantitative estimate of drug-likeness (QED) is 0.682. The number of rotatable bonds is 5. The second-order valence-corrected chi connectivity index (χ2v) is 6.46. The number of hydrogen-bond acceptors (Lipinski definition) is 5. The SMILES string of the molecule is Cc1ccc(-c2noc(SCC(=O)Nc3ccc(Cl)cc3)n2)cc1. The maximum atomic E-state index is 11.9. The molecule has 0 fully saturated rings. The Hall–Kier alpha value is -2.31. The number of aryl methyl sites for hydroxylation is 1. The van der Waals surface area contributed by atoms with Crippen molar-refractivity contribution in [3.63, 3.8) is 0 Å². The topological polar surface area (TPSA) is 68.0 Å². The zero-order valence-electron chi connectivity index (χ0n) is 12.8. The number of halogens is 1. The van der Waals surface area contributed by atoms with E-state index in [0.717, 1.165) is 11.1 Å². The predicted octanol–water partition coefficient (Wildman–Crippen LogP) is 4.43. The first-order valence-corrected chi connectivity index (χ1v) is 8.55. The number of amides is 1. The lowest BCUT2D eigenvalue weighted by Gasteiger charge is -2.03. The Morgan fingerprint density at radius 2 is 1.88 bits per heavy atom. The van der Waals surface area contributed by atoms with Crippen LogP contribution < -0.4 is 5.32 Å². The van der Waals surface area contributed by atoms with E-state index in [1.807, 2.05) is 31.2 Å². The highest BCUT2D eigenvalue weighted by Crippen LogP contribution is 2.22. The number of carbonyl (C=O) groups is 1. The molecule has 24 heavy (non-hydrogen) atoms. The van der Waals surface area contributed by atoms with E-state index in [0.29, 0.717) is 21.8 Å². The van der Waals surface area contributed by atoms with Crippen LogP contribution in [-0.4, -0.2) is 21.8 Å². The third-order valence-corrected chi connectivity index (χ3v) is 4.24. The third kappa shape index (κ3) is 4.37. The molecule has 1 N–H and O–H groups in total. The number of thioether (sulfide) groups is 1. The molecule has 0 bridgehead atoms. The Labute approximate surface area is 148 Å². The second-order valence-electron chi connectivity index (χ2n) is 5.09. The molecule has 3 aromatic rings. The van der Waals surface area contributed by atoms with Crippen LogP contribution in [0.2, 0.25) is 5.02 Å². The molecule has 0 atom stereocenters. The fourth-order valence-corrected chi connectivity index (χ4v) is 2.64. The van der Waals surface area contributed by atoms with Crippen LogP contribution in [0.3, 0.4) is 0 Å². The van der Waals surface area contributed by atoms with Gasteiger partial charge in [-0.1, -0.05) is 58.3 Å². The number of anilines is 1. The first kappa shape index (κ1) is 16.5. The third-order valence-electron chi connectivity index (χ3n) is 3.17. The van der Waals surface area contributed by atoms with Gasteiger partial charge in [-0.3, -0.25) is 4.79 Å². The molecule has 0 unspecified atom stereocenters. The molecule has 1 amide bonds. The molecule has 1 heterocycles. The Bertz CT molecular complexity index is 832. The first-order chi connectivity index (χ1) is 11.6. The van der Waals surface area contributed by atoms with Gasteiger partial charge in [-0.15, -0.1) is 0 Å². The summed E-state index contributed by atoms with van der Waals surface area (Å²) in [6, 6.07) is 14.8. The summed E-state index contributed by atoms with van der Waals surface area (Å²) < 4.78 is 5.17. The number of benzene rings is 2. The lowest BCUT2D eigenvalue weighted by Crippen LogP contribution is -2.13. The van der Waals surface area contributed by atoms with Crippen molar-refractivity contribution in [2.24, 2.45) is 0 Å². The van der Waals surface area contributed by atoms with E-state index in [9.17, 15) is 4.79 Å². The van der Waals surface area contributed by atoms with E-state index < -0.39 is 0 Å². The highest BCUT2D eigenvalue weighted by Gasteiger charge is 2.11. The van der Waals surface area contributed by atoms with Gasteiger partial charge in [-0.05, 0) is 31.2 Å². The summed E-state index contributed by atoms with van der Waals surface area (Å²) in [7, 11) is 0. The van der Waals surface area contributed by atoms with Crippen LogP contribution >= 0.6 is 23.4 Å². The van der Waals surface area contributed by atoms with Crippen molar-refractivity contribution < 1.29 is 9.32 Å². The normalized spacial score (nSPS) is 10.6. The van der Waals surface area contributed by atoms with Crippen LogP contribution in [0, 0.1) is 6.92 Å². The summed E-state index contributed by atoms with van der Waals surface area (Å²) in [5.41, 5.74) is 2.73. The van der Waals surface area contributed by atoms with Gasteiger partial charge in [-0.25, -0.2) is 0 Å². The molecule has 0 spiro atoms. The lowest BCUT2D eigenvalue weighted by molar-refractivity contribution is -0.113. The molecule has 0 saturated heterocycles. The minimum absolute atomic E-state index is 0.155. The van der Waals surface area contributed by atoms with Crippen molar-refractivity contribution in [3.8, 4) is 11.4 Å². The molecule has 0 aliphatic rings. The van der Waals surface area contributed by atoms with Crippen molar-refractivity contribution in [3.05, 3.63) is 59.1 Å². The van der Waals surface area contributed by atoms with Crippen molar-refractivity contribution in [1.82, 2.24) is 10.1 Å². The average Bonchev–Trinajstić information content (AvgIpc) is 3.05. The largest absolute Gasteiger partial charge is 0.327 e. The van der Waals surface area contributed by atoms with Crippen LogP contribution in [-0.2, 0) is 4.79 Å². The maximum Gasteiger partial charge on any atom is 0.286 e. The maximum absolute atomic E-state index is 11.9. The number of nitrogens with zero attached hydrogens (tertiary/aromatic N) is 2. The second kappa shape index (κ2) is 7.51. The number of hydrogen-bond donors (Lipinski definition) is 1. The Morgan fingerprint density at radius 1 is 1.17 bits per heavy atom. The van der Waals surface area contributed by atoms with E-state index in [-0.39, 0.29) is 11.7 Å².